The number of carbonyl (C=O) groups is 1. The Morgan fingerprint density at radius 2 is 1.86 bits per heavy atom. The standard InChI is InChI=1S/C9H19NO4/c1-4-10(2)9(11)14-8-7-13-6-5-12-3/h4-8H2,1-3H3. The Kier molecular flexibility index (Phi) is 8.27. The molecule has 0 bridgehead atoms. The molecule has 5 heteroatoms. The second-order valence-corrected chi connectivity index (χ2v) is 2.73. The third-order valence-corrected chi connectivity index (χ3v) is 1.67. The average Bonchev–Trinajstić information content (AvgIpc) is 2.21. The minimum Gasteiger partial charge on any atom is -0.447 e. The number of ether oxygens (including phenoxy) is 3. The second-order valence-electron chi connectivity index (χ2n) is 2.73. The summed E-state index contributed by atoms with van der Waals surface area (Å²) in [6.07, 6.45) is -0.317. The van der Waals surface area contributed by atoms with Gasteiger partial charge in [-0.05, 0) is 6.92 Å². The molecule has 0 aromatic rings. The Morgan fingerprint density at radius 3 is 2.43 bits per heavy atom. The summed E-state index contributed by atoms with van der Waals surface area (Å²) in [5.41, 5.74) is 0. The first kappa shape index (κ1) is 13.2. The lowest BCUT2D eigenvalue weighted by atomic mass is 10.6. The highest BCUT2D eigenvalue weighted by atomic mass is 16.6. The minimum absolute atomic E-state index is 0.285. The molecule has 0 aliphatic heterocycles. The maximum atomic E-state index is 11.1. The first-order chi connectivity index (χ1) is 6.72. The molecule has 1 amide bonds. The molecule has 0 spiro atoms. The quantitative estimate of drug-likeness (QED) is 0.575. The van der Waals surface area contributed by atoms with Crippen LogP contribution in [0.25, 0.3) is 0 Å². The van der Waals surface area contributed by atoms with Gasteiger partial charge in [0.1, 0.15) is 6.61 Å². The zero-order valence-corrected chi connectivity index (χ0v) is 9.12. The van der Waals surface area contributed by atoms with Crippen LogP contribution in [-0.4, -0.2) is 58.1 Å². The van der Waals surface area contributed by atoms with E-state index in [2.05, 4.69) is 0 Å². The van der Waals surface area contributed by atoms with Crippen molar-refractivity contribution in [2.75, 3.05) is 47.1 Å². The molecule has 0 fully saturated rings. The zero-order chi connectivity index (χ0) is 10.8. The van der Waals surface area contributed by atoms with Crippen LogP contribution in [0.2, 0.25) is 0 Å². The molecule has 0 heterocycles. The highest BCUT2D eigenvalue weighted by Crippen LogP contribution is 1.89. The topological polar surface area (TPSA) is 48.0 Å². The van der Waals surface area contributed by atoms with Crippen LogP contribution in [-0.2, 0) is 14.2 Å². The SMILES string of the molecule is CCN(C)C(=O)OCCOCCOC. The van der Waals surface area contributed by atoms with E-state index in [-0.39, 0.29) is 12.7 Å². The van der Waals surface area contributed by atoms with Crippen LogP contribution in [0.5, 0.6) is 0 Å². The van der Waals surface area contributed by atoms with Crippen LogP contribution in [0, 0.1) is 0 Å². The highest BCUT2D eigenvalue weighted by Gasteiger charge is 2.05. The summed E-state index contributed by atoms with van der Waals surface area (Å²) in [5, 5.41) is 0. The van der Waals surface area contributed by atoms with Gasteiger partial charge in [0.05, 0.1) is 19.8 Å². The van der Waals surface area contributed by atoms with Crippen molar-refractivity contribution in [1.29, 1.82) is 0 Å². The fourth-order valence-electron chi connectivity index (χ4n) is 0.672. The summed E-state index contributed by atoms with van der Waals surface area (Å²) < 4.78 is 14.8. The molecule has 0 aromatic carbocycles. The number of nitrogens with zero attached hydrogens (tertiary/aromatic N) is 1. The molecule has 14 heavy (non-hydrogen) atoms. The van der Waals surface area contributed by atoms with Crippen LogP contribution in [0.15, 0.2) is 0 Å². The lowest BCUT2D eigenvalue weighted by Gasteiger charge is -2.14. The third kappa shape index (κ3) is 6.68. The Labute approximate surface area is 84.9 Å². The minimum atomic E-state index is -0.317. The normalized spacial score (nSPS) is 9.93. The molecule has 0 atom stereocenters. The van der Waals surface area contributed by atoms with Crippen LogP contribution in [0.1, 0.15) is 6.92 Å². The second kappa shape index (κ2) is 8.77. The predicted octanol–water partition coefficient (Wildman–Crippen LogP) is 0.738. The van der Waals surface area contributed by atoms with E-state index >= 15 is 0 Å². The van der Waals surface area contributed by atoms with Crippen molar-refractivity contribution in [2.45, 2.75) is 6.92 Å². The molecular weight excluding hydrogens is 186 g/mol. The molecule has 0 aliphatic carbocycles. The smallest absolute Gasteiger partial charge is 0.409 e. The lowest BCUT2D eigenvalue weighted by molar-refractivity contribution is 0.0354. The molecule has 0 saturated carbocycles. The Bertz CT molecular complexity index is 152. The van der Waals surface area contributed by atoms with Gasteiger partial charge < -0.3 is 19.1 Å². The fourth-order valence-corrected chi connectivity index (χ4v) is 0.672. The van der Waals surface area contributed by atoms with Gasteiger partial charge in [-0.2, -0.15) is 0 Å². The Morgan fingerprint density at radius 1 is 1.21 bits per heavy atom. The van der Waals surface area contributed by atoms with E-state index in [0.717, 1.165) is 0 Å². The zero-order valence-electron chi connectivity index (χ0n) is 9.12. The van der Waals surface area contributed by atoms with Crippen molar-refractivity contribution >= 4 is 6.09 Å². The summed E-state index contributed by atoms with van der Waals surface area (Å²) in [4.78, 5) is 12.6. The molecule has 0 aromatic heterocycles. The van der Waals surface area contributed by atoms with Gasteiger partial charge in [-0.3, -0.25) is 0 Å². The largest absolute Gasteiger partial charge is 0.447 e. The first-order valence-corrected chi connectivity index (χ1v) is 4.67. The molecule has 0 aliphatic rings. The van der Waals surface area contributed by atoms with Gasteiger partial charge >= 0.3 is 6.09 Å². The molecule has 0 unspecified atom stereocenters. The van der Waals surface area contributed by atoms with E-state index in [9.17, 15) is 4.79 Å². The summed E-state index contributed by atoms with van der Waals surface area (Å²) in [7, 11) is 3.30. The van der Waals surface area contributed by atoms with Crippen molar-refractivity contribution in [3.8, 4) is 0 Å². The molecule has 0 saturated heterocycles. The lowest BCUT2D eigenvalue weighted by Crippen LogP contribution is -2.28. The Hall–Kier alpha value is -0.810. The van der Waals surface area contributed by atoms with E-state index in [0.29, 0.717) is 26.4 Å². The highest BCUT2D eigenvalue weighted by molar-refractivity contribution is 5.67. The monoisotopic (exact) mass is 205 g/mol. The summed E-state index contributed by atoms with van der Waals surface area (Å²) >= 11 is 0. The predicted molar refractivity (Wildman–Crippen MR) is 52.3 cm³/mol. The van der Waals surface area contributed by atoms with Crippen LogP contribution < -0.4 is 0 Å². The first-order valence-electron chi connectivity index (χ1n) is 4.67. The summed E-state index contributed by atoms with van der Waals surface area (Å²) in [5.74, 6) is 0. The summed E-state index contributed by atoms with van der Waals surface area (Å²) in [6, 6.07) is 0. The maximum Gasteiger partial charge on any atom is 0.409 e. The van der Waals surface area contributed by atoms with Crippen molar-refractivity contribution in [1.82, 2.24) is 4.90 Å². The molecule has 0 N–H and O–H groups in total. The van der Waals surface area contributed by atoms with E-state index in [1.807, 2.05) is 6.92 Å². The van der Waals surface area contributed by atoms with Gasteiger partial charge in [0.15, 0.2) is 0 Å². The van der Waals surface area contributed by atoms with Crippen molar-refractivity contribution < 1.29 is 19.0 Å². The van der Waals surface area contributed by atoms with Gasteiger partial charge in [-0.25, -0.2) is 4.79 Å². The van der Waals surface area contributed by atoms with Gasteiger partial charge in [0, 0.05) is 20.7 Å². The number of hydrogen-bond acceptors (Lipinski definition) is 4. The molecule has 5 nitrogen and oxygen atoms in total. The van der Waals surface area contributed by atoms with Crippen molar-refractivity contribution in [3.63, 3.8) is 0 Å². The van der Waals surface area contributed by atoms with Gasteiger partial charge in [-0.15, -0.1) is 0 Å². The van der Waals surface area contributed by atoms with Crippen LogP contribution >= 0.6 is 0 Å². The number of methoxy groups -OCH3 is 1. The molecule has 0 rings (SSSR count). The van der Waals surface area contributed by atoms with E-state index in [4.69, 9.17) is 14.2 Å². The molecule has 84 valence electrons. The Balaban J connectivity index is 3.23. The number of amides is 1. The number of rotatable bonds is 7. The molecular formula is C9H19NO4. The number of carbonyl (C=O) groups excluding carboxylic acids is 1. The fraction of sp³-hybridized carbons (Fsp3) is 0.889. The van der Waals surface area contributed by atoms with E-state index in [1.165, 1.54) is 4.90 Å². The van der Waals surface area contributed by atoms with E-state index < -0.39 is 0 Å². The van der Waals surface area contributed by atoms with Gasteiger partial charge in [0.25, 0.3) is 0 Å². The van der Waals surface area contributed by atoms with Crippen molar-refractivity contribution in [2.24, 2.45) is 0 Å². The third-order valence-electron chi connectivity index (χ3n) is 1.67. The summed E-state index contributed by atoms with van der Waals surface area (Å²) in [6.45, 7) is 4.31. The van der Waals surface area contributed by atoms with Gasteiger partial charge in [0.2, 0.25) is 0 Å². The van der Waals surface area contributed by atoms with Crippen molar-refractivity contribution in [3.05, 3.63) is 0 Å². The van der Waals surface area contributed by atoms with E-state index in [1.54, 1.807) is 14.2 Å². The van der Waals surface area contributed by atoms with Crippen LogP contribution in [0.3, 0.4) is 0 Å². The van der Waals surface area contributed by atoms with Gasteiger partial charge in [-0.1, -0.05) is 0 Å². The number of hydrogen-bond donors (Lipinski definition) is 0. The average molecular weight is 205 g/mol. The maximum absolute atomic E-state index is 11.1. The molecule has 0 radical (unpaired) electrons. The van der Waals surface area contributed by atoms with Crippen LogP contribution in [0.4, 0.5) is 4.79 Å².